The number of rotatable bonds is 2. The molecule has 1 fully saturated rings. The Hall–Kier alpha value is -1.85. The molecule has 3 unspecified atom stereocenters. The van der Waals surface area contributed by atoms with Crippen LogP contribution in [0.1, 0.15) is 33.1 Å². The smallest absolute Gasteiger partial charge is 0.229 e. The van der Waals surface area contributed by atoms with Crippen LogP contribution < -0.4 is 10.5 Å². The van der Waals surface area contributed by atoms with Gasteiger partial charge in [0.2, 0.25) is 11.8 Å². The number of fused-ring (bicyclic) bond motifs is 1. The summed E-state index contributed by atoms with van der Waals surface area (Å²) in [6.07, 6.45) is 5.21. The van der Waals surface area contributed by atoms with Crippen LogP contribution in [0.15, 0.2) is 6.20 Å². The van der Waals surface area contributed by atoms with E-state index >= 15 is 0 Å². The second-order valence-corrected chi connectivity index (χ2v) is 5.53. The minimum Gasteiger partial charge on any atom is -0.474 e. The average molecular weight is 261 g/mol. The van der Waals surface area contributed by atoms with Gasteiger partial charge in [-0.25, -0.2) is 0 Å². The van der Waals surface area contributed by atoms with Crippen LogP contribution in [0, 0.1) is 11.8 Å². The Labute approximate surface area is 111 Å². The molecule has 3 N–H and O–H groups in total. The van der Waals surface area contributed by atoms with Gasteiger partial charge in [0, 0.05) is 0 Å². The van der Waals surface area contributed by atoms with Crippen molar-refractivity contribution in [1.29, 1.82) is 0 Å². The summed E-state index contributed by atoms with van der Waals surface area (Å²) in [5.74, 6) is 2.20. The second kappa shape index (κ2) is 4.68. The molecule has 19 heavy (non-hydrogen) atoms. The number of aromatic amines is 1. The van der Waals surface area contributed by atoms with Gasteiger partial charge in [-0.15, -0.1) is 0 Å². The largest absolute Gasteiger partial charge is 0.474 e. The Kier molecular flexibility index (Phi) is 3.00. The van der Waals surface area contributed by atoms with Crippen LogP contribution in [0.3, 0.4) is 0 Å². The van der Waals surface area contributed by atoms with Gasteiger partial charge in [-0.3, -0.25) is 5.10 Å². The molecule has 1 aliphatic rings. The van der Waals surface area contributed by atoms with E-state index in [1.54, 1.807) is 6.20 Å². The lowest BCUT2D eigenvalue weighted by molar-refractivity contribution is 0.0980. The molecule has 3 rings (SSSR count). The van der Waals surface area contributed by atoms with Crippen molar-refractivity contribution in [3.63, 3.8) is 0 Å². The molecule has 0 radical (unpaired) electrons. The van der Waals surface area contributed by atoms with Crippen LogP contribution in [0.5, 0.6) is 5.88 Å². The van der Waals surface area contributed by atoms with Crippen LogP contribution in [0.25, 0.3) is 11.0 Å². The van der Waals surface area contributed by atoms with E-state index in [4.69, 9.17) is 10.5 Å². The zero-order valence-electron chi connectivity index (χ0n) is 11.3. The van der Waals surface area contributed by atoms with E-state index in [1.807, 2.05) is 0 Å². The van der Waals surface area contributed by atoms with Crippen LogP contribution in [0.4, 0.5) is 5.95 Å². The third kappa shape index (κ3) is 2.34. The summed E-state index contributed by atoms with van der Waals surface area (Å²) in [6, 6.07) is 0. The molecular formula is C13H19N5O. The van der Waals surface area contributed by atoms with Gasteiger partial charge in [-0.1, -0.05) is 13.8 Å². The number of H-pyrrole nitrogens is 1. The molecule has 6 heteroatoms. The van der Waals surface area contributed by atoms with Gasteiger partial charge >= 0.3 is 0 Å². The molecule has 3 atom stereocenters. The SMILES string of the molecule is CC1CCC(Oc2nc(N)nc3[nH]ncc23)CC1C. The predicted molar refractivity (Wildman–Crippen MR) is 72.7 cm³/mol. The molecule has 1 saturated carbocycles. The van der Waals surface area contributed by atoms with E-state index in [9.17, 15) is 0 Å². The number of nitrogens with two attached hydrogens (primary N) is 1. The van der Waals surface area contributed by atoms with Crippen molar-refractivity contribution in [1.82, 2.24) is 20.2 Å². The van der Waals surface area contributed by atoms with E-state index in [2.05, 4.69) is 34.0 Å². The number of hydrogen-bond acceptors (Lipinski definition) is 5. The zero-order chi connectivity index (χ0) is 13.4. The molecule has 2 aromatic heterocycles. The Morgan fingerprint density at radius 1 is 1.26 bits per heavy atom. The summed E-state index contributed by atoms with van der Waals surface area (Å²) in [5, 5.41) is 7.54. The van der Waals surface area contributed by atoms with E-state index in [1.165, 1.54) is 6.42 Å². The minimum atomic E-state index is 0.207. The second-order valence-electron chi connectivity index (χ2n) is 5.53. The van der Waals surface area contributed by atoms with Crippen molar-refractivity contribution in [2.75, 3.05) is 5.73 Å². The summed E-state index contributed by atoms with van der Waals surface area (Å²) in [6.45, 7) is 4.58. The standard InChI is InChI=1S/C13H19N5O/c1-7-3-4-9(5-8(7)2)19-12-10-6-15-18-11(10)16-13(14)17-12/h6-9H,3-5H2,1-2H3,(H3,14,15,16,17,18). The predicted octanol–water partition coefficient (Wildman–Crippen LogP) is 2.14. The summed E-state index contributed by atoms with van der Waals surface area (Å²) >= 11 is 0. The van der Waals surface area contributed by atoms with E-state index < -0.39 is 0 Å². The summed E-state index contributed by atoms with van der Waals surface area (Å²) in [5.41, 5.74) is 6.31. The van der Waals surface area contributed by atoms with E-state index in [-0.39, 0.29) is 12.1 Å². The van der Waals surface area contributed by atoms with Crippen molar-refractivity contribution in [2.24, 2.45) is 11.8 Å². The van der Waals surface area contributed by atoms with Crippen molar-refractivity contribution >= 4 is 17.0 Å². The van der Waals surface area contributed by atoms with Gasteiger partial charge in [0.1, 0.15) is 11.5 Å². The summed E-state index contributed by atoms with van der Waals surface area (Å²) in [4.78, 5) is 8.28. The van der Waals surface area contributed by atoms with Crippen molar-refractivity contribution in [3.8, 4) is 5.88 Å². The first-order valence-corrected chi connectivity index (χ1v) is 6.76. The van der Waals surface area contributed by atoms with Crippen LogP contribution in [-0.4, -0.2) is 26.3 Å². The maximum Gasteiger partial charge on any atom is 0.229 e. The highest BCUT2D eigenvalue weighted by atomic mass is 16.5. The molecule has 2 aromatic rings. The monoisotopic (exact) mass is 261 g/mol. The molecule has 102 valence electrons. The lowest BCUT2D eigenvalue weighted by Gasteiger charge is -2.31. The van der Waals surface area contributed by atoms with Crippen molar-refractivity contribution in [3.05, 3.63) is 6.20 Å². The van der Waals surface area contributed by atoms with Gasteiger partial charge in [-0.2, -0.15) is 15.1 Å². The van der Waals surface area contributed by atoms with Gasteiger partial charge in [0.05, 0.1) is 6.20 Å². The molecule has 0 amide bonds. The van der Waals surface area contributed by atoms with Gasteiger partial charge in [-0.05, 0) is 31.1 Å². The summed E-state index contributed by atoms with van der Waals surface area (Å²) in [7, 11) is 0. The zero-order valence-corrected chi connectivity index (χ0v) is 11.3. The molecule has 0 aliphatic heterocycles. The number of ether oxygens (including phenoxy) is 1. The van der Waals surface area contributed by atoms with Crippen LogP contribution in [-0.2, 0) is 0 Å². The first kappa shape index (κ1) is 12.2. The highest BCUT2D eigenvalue weighted by molar-refractivity contribution is 5.80. The Morgan fingerprint density at radius 2 is 2.11 bits per heavy atom. The number of aromatic nitrogens is 4. The Morgan fingerprint density at radius 3 is 2.89 bits per heavy atom. The quantitative estimate of drug-likeness (QED) is 0.864. The molecule has 0 saturated heterocycles. The number of hydrogen-bond donors (Lipinski definition) is 2. The van der Waals surface area contributed by atoms with Crippen molar-refractivity contribution in [2.45, 2.75) is 39.2 Å². The topological polar surface area (TPSA) is 89.7 Å². The lowest BCUT2D eigenvalue weighted by Crippen LogP contribution is -2.29. The fourth-order valence-corrected chi connectivity index (χ4v) is 2.68. The molecule has 1 aliphatic carbocycles. The molecule has 6 nitrogen and oxygen atoms in total. The van der Waals surface area contributed by atoms with E-state index in [0.717, 1.165) is 24.1 Å². The normalized spacial score (nSPS) is 27.6. The number of anilines is 1. The molecule has 2 heterocycles. The third-order valence-electron chi connectivity index (χ3n) is 4.12. The van der Waals surface area contributed by atoms with E-state index in [0.29, 0.717) is 17.4 Å². The maximum atomic E-state index is 6.04. The fraction of sp³-hybridized carbons (Fsp3) is 0.615. The van der Waals surface area contributed by atoms with Gasteiger partial charge in [0.15, 0.2) is 5.65 Å². The maximum absolute atomic E-state index is 6.04. The molecular weight excluding hydrogens is 242 g/mol. The Bertz CT molecular complexity index is 581. The van der Waals surface area contributed by atoms with Gasteiger partial charge in [0.25, 0.3) is 0 Å². The number of nitrogen functional groups attached to an aromatic ring is 1. The molecule has 0 spiro atoms. The minimum absolute atomic E-state index is 0.207. The van der Waals surface area contributed by atoms with Crippen LogP contribution >= 0.6 is 0 Å². The highest BCUT2D eigenvalue weighted by Gasteiger charge is 2.26. The Balaban J connectivity index is 1.83. The van der Waals surface area contributed by atoms with Gasteiger partial charge < -0.3 is 10.5 Å². The first-order valence-electron chi connectivity index (χ1n) is 6.76. The molecule has 0 aromatic carbocycles. The lowest BCUT2D eigenvalue weighted by atomic mass is 9.80. The average Bonchev–Trinajstić information content (AvgIpc) is 2.82. The van der Waals surface area contributed by atoms with Crippen LogP contribution in [0.2, 0.25) is 0 Å². The number of nitrogens with zero attached hydrogens (tertiary/aromatic N) is 3. The third-order valence-corrected chi connectivity index (χ3v) is 4.12. The van der Waals surface area contributed by atoms with Crippen molar-refractivity contribution < 1.29 is 4.74 Å². The molecule has 0 bridgehead atoms. The highest BCUT2D eigenvalue weighted by Crippen LogP contribution is 2.32. The fourth-order valence-electron chi connectivity index (χ4n) is 2.68. The first-order chi connectivity index (χ1) is 9.13. The summed E-state index contributed by atoms with van der Waals surface area (Å²) < 4.78 is 6.04. The number of nitrogens with one attached hydrogen (secondary N) is 1.